The second-order valence-corrected chi connectivity index (χ2v) is 8.95. The number of aromatic nitrogens is 3. The monoisotopic (exact) mass is 405 g/mol. The van der Waals surface area contributed by atoms with Gasteiger partial charge in [-0.15, -0.1) is 11.3 Å². The first-order valence-electron chi connectivity index (χ1n) is 9.38. The number of rotatable bonds is 3. The second kappa shape index (κ2) is 7.90. The number of carbonyl (C=O) groups is 2. The Balaban J connectivity index is 1.57. The predicted octanol–water partition coefficient (Wildman–Crippen LogP) is 3.55. The van der Waals surface area contributed by atoms with Crippen LogP contribution in [0.1, 0.15) is 60.7 Å². The number of anilines is 1. The smallest absolute Gasteiger partial charge is 0.410 e. The standard InChI is InChI=1S/C19H27N5O3S/c1-12-10-15(23(5)22-12)21-16(25)14-11-28-17(20-14)13-6-8-24(9-7-13)18(26)27-19(2,3)4/h10-11,13H,6-9H2,1-5H3,(H,21,25). The maximum atomic E-state index is 12.5. The molecule has 0 radical (unpaired) electrons. The van der Waals surface area contributed by atoms with Crippen LogP contribution in [0.15, 0.2) is 11.4 Å². The van der Waals surface area contributed by atoms with E-state index in [0.29, 0.717) is 24.6 Å². The minimum atomic E-state index is -0.488. The molecule has 2 aromatic rings. The number of amides is 2. The molecule has 0 atom stereocenters. The number of carbonyl (C=O) groups excluding carboxylic acids is 2. The molecule has 1 saturated heterocycles. The van der Waals surface area contributed by atoms with E-state index in [1.54, 1.807) is 22.0 Å². The normalized spacial score (nSPS) is 15.5. The highest BCUT2D eigenvalue weighted by Gasteiger charge is 2.29. The van der Waals surface area contributed by atoms with E-state index >= 15 is 0 Å². The molecule has 1 aliphatic heterocycles. The summed E-state index contributed by atoms with van der Waals surface area (Å²) in [6, 6.07) is 1.82. The zero-order valence-corrected chi connectivity index (χ0v) is 17.8. The van der Waals surface area contributed by atoms with E-state index in [9.17, 15) is 9.59 Å². The minimum absolute atomic E-state index is 0.239. The quantitative estimate of drug-likeness (QED) is 0.843. The van der Waals surface area contributed by atoms with Crippen molar-refractivity contribution in [1.29, 1.82) is 0 Å². The Morgan fingerprint density at radius 2 is 1.96 bits per heavy atom. The van der Waals surface area contributed by atoms with Gasteiger partial charge in [-0.1, -0.05) is 0 Å². The van der Waals surface area contributed by atoms with Crippen LogP contribution in [-0.2, 0) is 11.8 Å². The Morgan fingerprint density at radius 3 is 2.54 bits per heavy atom. The van der Waals surface area contributed by atoms with E-state index < -0.39 is 5.60 Å². The Labute approximate surface area is 168 Å². The summed E-state index contributed by atoms with van der Waals surface area (Å²) < 4.78 is 7.07. The third-order valence-electron chi connectivity index (χ3n) is 4.49. The van der Waals surface area contributed by atoms with Crippen LogP contribution in [0.5, 0.6) is 0 Å². The van der Waals surface area contributed by atoms with Gasteiger partial charge in [-0.2, -0.15) is 5.10 Å². The molecule has 8 nitrogen and oxygen atoms in total. The van der Waals surface area contributed by atoms with E-state index in [1.165, 1.54) is 11.3 Å². The molecule has 2 aromatic heterocycles. The number of ether oxygens (including phenoxy) is 1. The molecule has 0 aromatic carbocycles. The van der Waals surface area contributed by atoms with Gasteiger partial charge in [-0.25, -0.2) is 9.78 Å². The molecule has 0 unspecified atom stereocenters. The van der Waals surface area contributed by atoms with Gasteiger partial charge in [0.2, 0.25) is 0 Å². The van der Waals surface area contributed by atoms with Gasteiger partial charge in [0.1, 0.15) is 17.1 Å². The molecule has 2 amide bonds. The zero-order valence-electron chi connectivity index (χ0n) is 17.0. The van der Waals surface area contributed by atoms with Gasteiger partial charge in [-0.05, 0) is 40.5 Å². The first-order valence-corrected chi connectivity index (χ1v) is 10.3. The van der Waals surface area contributed by atoms with Crippen molar-refractivity contribution in [3.05, 3.63) is 27.8 Å². The van der Waals surface area contributed by atoms with Gasteiger partial charge in [0.25, 0.3) is 5.91 Å². The minimum Gasteiger partial charge on any atom is -0.444 e. The van der Waals surface area contributed by atoms with Crippen LogP contribution in [0.3, 0.4) is 0 Å². The summed E-state index contributed by atoms with van der Waals surface area (Å²) in [5.74, 6) is 0.656. The zero-order chi connectivity index (χ0) is 20.5. The summed E-state index contributed by atoms with van der Waals surface area (Å²) in [5, 5.41) is 9.79. The average molecular weight is 406 g/mol. The fourth-order valence-electron chi connectivity index (χ4n) is 3.12. The molecule has 1 aliphatic rings. The van der Waals surface area contributed by atoms with Crippen LogP contribution in [0.4, 0.5) is 10.6 Å². The summed E-state index contributed by atoms with van der Waals surface area (Å²) in [6.45, 7) is 8.75. The van der Waals surface area contributed by atoms with Crippen molar-refractivity contribution in [2.75, 3.05) is 18.4 Å². The maximum absolute atomic E-state index is 12.5. The molecule has 0 bridgehead atoms. The number of nitrogens with zero attached hydrogens (tertiary/aromatic N) is 4. The lowest BCUT2D eigenvalue weighted by molar-refractivity contribution is 0.0205. The molecule has 152 valence electrons. The lowest BCUT2D eigenvalue weighted by Gasteiger charge is -2.32. The maximum Gasteiger partial charge on any atom is 0.410 e. The molecule has 1 fully saturated rings. The molecule has 0 spiro atoms. The number of hydrogen-bond acceptors (Lipinski definition) is 6. The molecule has 3 heterocycles. The fourth-order valence-corrected chi connectivity index (χ4v) is 4.09. The molecule has 0 aliphatic carbocycles. The molecule has 0 saturated carbocycles. The van der Waals surface area contributed by atoms with Gasteiger partial charge >= 0.3 is 6.09 Å². The Hall–Kier alpha value is -2.42. The van der Waals surface area contributed by atoms with Crippen molar-refractivity contribution in [2.24, 2.45) is 7.05 Å². The largest absolute Gasteiger partial charge is 0.444 e. The SMILES string of the molecule is Cc1cc(NC(=O)c2csc(C3CCN(C(=O)OC(C)(C)C)CC3)n2)n(C)n1. The van der Waals surface area contributed by atoms with Crippen LogP contribution >= 0.6 is 11.3 Å². The number of nitrogens with one attached hydrogen (secondary N) is 1. The van der Waals surface area contributed by atoms with Crippen molar-refractivity contribution < 1.29 is 14.3 Å². The summed E-state index contributed by atoms with van der Waals surface area (Å²) in [7, 11) is 1.79. The van der Waals surface area contributed by atoms with Crippen molar-refractivity contribution in [1.82, 2.24) is 19.7 Å². The van der Waals surface area contributed by atoms with Gasteiger partial charge in [0.15, 0.2) is 0 Å². The number of likely N-dealkylation sites (tertiary alicyclic amines) is 1. The van der Waals surface area contributed by atoms with Gasteiger partial charge in [0.05, 0.1) is 10.7 Å². The Bertz CT molecular complexity index is 859. The molecular weight excluding hydrogens is 378 g/mol. The summed E-state index contributed by atoms with van der Waals surface area (Å²) in [6.07, 6.45) is 1.36. The molecule has 28 heavy (non-hydrogen) atoms. The topological polar surface area (TPSA) is 89.4 Å². The van der Waals surface area contributed by atoms with E-state index in [1.807, 2.05) is 33.8 Å². The Morgan fingerprint density at radius 1 is 1.29 bits per heavy atom. The van der Waals surface area contributed by atoms with Crippen molar-refractivity contribution in [3.63, 3.8) is 0 Å². The van der Waals surface area contributed by atoms with Gasteiger partial charge in [-0.3, -0.25) is 9.48 Å². The van der Waals surface area contributed by atoms with Crippen molar-refractivity contribution >= 4 is 29.2 Å². The number of hydrogen-bond donors (Lipinski definition) is 1. The lowest BCUT2D eigenvalue weighted by atomic mass is 9.98. The van der Waals surface area contributed by atoms with Crippen LogP contribution in [-0.4, -0.2) is 50.4 Å². The highest BCUT2D eigenvalue weighted by atomic mass is 32.1. The molecule has 1 N–H and O–H groups in total. The molecule has 3 rings (SSSR count). The highest BCUT2D eigenvalue weighted by molar-refractivity contribution is 7.10. The van der Waals surface area contributed by atoms with Crippen molar-refractivity contribution in [2.45, 2.75) is 52.1 Å². The second-order valence-electron chi connectivity index (χ2n) is 8.06. The van der Waals surface area contributed by atoms with Crippen LogP contribution in [0.2, 0.25) is 0 Å². The highest BCUT2D eigenvalue weighted by Crippen LogP contribution is 2.31. The van der Waals surface area contributed by atoms with Gasteiger partial charge < -0.3 is 15.0 Å². The first kappa shape index (κ1) is 20.3. The first-order chi connectivity index (χ1) is 13.1. The predicted molar refractivity (Wildman–Crippen MR) is 108 cm³/mol. The Kier molecular flexibility index (Phi) is 5.74. The summed E-state index contributed by atoms with van der Waals surface area (Å²) >= 11 is 1.49. The third kappa shape index (κ3) is 4.89. The van der Waals surface area contributed by atoms with Crippen LogP contribution in [0.25, 0.3) is 0 Å². The van der Waals surface area contributed by atoms with Gasteiger partial charge in [0, 0.05) is 37.5 Å². The fraction of sp³-hybridized carbons (Fsp3) is 0.579. The molecule has 9 heteroatoms. The van der Waals surface area contributed by atoms with Crippen molar-refractivity contribution in [3.8, 4) is 0 Å². The third-order valence-corrected chi connectivity index (χ3v) is 5.50. The molecular formula is C19H27N5O3S. The van der Waals surface area contributed by atoms with E-state index in [0.717, 1.165) is 23.5 Å². The van der Waals surface area contributed by atoms with E-state index in [4.69, 9.17) is 4.74 Å². The van der Waals surface area contributed by atoms with Crippen LogP contribution in [0, 0.1) is 6.92 Å². The van der Waals surface area contributed by atoms with Crippen LogP contribution < -0.4 is 5.32 Å². The van der Waals surface area contributed by atoms with E-state index in [2.05, 4.69) is 15.4 Å². The number of piperidine rings is 1. The number of aryl methyl sites for hydroxylation is 2. The number of thiazole rings is 1. The average Bonchev–Trinajstić information content (AvgIpc) is 3.20. The summed E-state index contributed by atoms with van der Waals surface area (Å²) in [4.78, 5) is 30.9. The summed E-state index contributed by atoms with van der Waals surface area (Å²) in [5.41, 5.74) is 0.764. The van der Waals surface area contributed by atoms with E-state index in [-0.39, 0.29) is 17.9 Å². The lowest BCUT2D eigenvalue weighted by Crippen LogP contribution is -2.41.